The van der Waals surface area contributed by atoms with E-state index in [-0.39, 0.29) is 5.56 Å². The van der Waals surface area contributed by atoms with Crippen LogP contribution < -0.4 is 16.0 Å². The average Bonchev–Trinajstić information content (AvgIpc) is 2.78. The van der Waals surface area contributed by atoms with Crippen molar-refractivity contribution in [2.45, 2.75) is 18.2 Å². The van der Waals surface area contributed by atoms with Gasteiger partial charge in [0.25, 0.3) is 5.56 Å². The van der Waals surface area contributed by atoms with Crippen LogP contribution in [0.25, 0.3) is 27.6 Å². The molecule has 0 aliphatic rings. The number of nitrogens with two attached hydrogens (primary N) is 1. The molecule has 0 spiro atoms. The molecule has 8 nitrogen and oxygen atoms in total. The summed E-state index contributed by atoms with van der Waals surface area (Å²) in [5.41, 5.74) is 7.85. The fraction of sp³-hybridized carbons (Fsp3) is 0.273. The molecule has 1 unspecified atom stereocenters. The quantitative estimate of drug-likeness (QED) is 0.566. The van der Waals surface area contributed by atoms with E-state index in [4.69, 9.17) is 10.5 Å². The summed E-state index contributed by atoms with van der Waals surface area (Å²) in [6.07, 6.45) is 8.57. The molecule has 1 atom stereocenters. The monoisotopic (exact) mass is 439 g/mol. The summed E-state index contributed by atoms with van der Waals surface area (Å²) in [7, 11) is 2.11. The zero-order valence-corrected chi connectivity index (χ0v) is 18.8. The Bertz CT molecular complexity index is 1260. The van der Waals surface area contributed by atoms with Crippen molar-refractivity contribution >= 4 is 33.5 Å². The summed E-state index contributed by atoms with van der Waals surface area (Å²) in [6, 6.07) is 5.40. The Morgan fingerprint density at radius 2 is 2.13 bits per heavy atom. The second-order valence-corrected chi connectivity index (χ2v) is 8.26. The number of aromatic nitrogens is 3. The summed E-state index contributed by atoms with van der Waals surface area (Å²) < 4.78 is 19.6. The summed E-state index contributed by atoms with van der Waals surface area (Å²) >= 11 is 0. The SMILES string of the molecule is CCCOc1ccc(S(C)=O)cc1-c1cn(C)c(=O)c2cnc(C(C=NC)=CN)nc12. The van der Waals surface area contributed by atoms with E-state index in [0.29, 0.717) is 50.7 Å². The lowest BCUT2D eigenvalue weighted by Gasteiger charge is -2.15. The van der Waals surface area contributed by atoms with Gasteiger partial charge in [-0.3, -0.25) is 14.0 Å². The minimum Gasteiger partial charge on any atom is -0.493 e. The van der Waals surface area contributed by atoms with Gasteiger partial charge < -0.3 is 15.0 Å². The van der Waals surface area contributed by atoms with Gasteiger partial charge in [0.1, 0.15) is 5.75 Å². The van der Waals surface area contributed by atoms with Crippen LogP contribution in [0.1, 0.15) is 19.2 Å². The molecule has 9 heteroatoms. The number of benzene rings is 1. The lowest BCUT2D eigenvalue weighted by atomic mass is 10.0. The van der Waals surface area contributed by atoms with Crippen molar-refractivity contribution in [2.75, 3.05) is 19.9 Å². The number of rotatable bonds is 7. The van der Waals surface area contributed by atoms with Crippen LogP contribution in [0.2, 0.25) is 0 Å². The standard InChI is InChI=1S/C22H25N5O3S/c1-5-8-30-19-7-6-15(31(4)29)9-16(19)18-13-27(3)22(28)17-12-25-21(26-20(17)18)14(10-23)11-24-2/h6-7,9-13H,5,8,23H2,1-4H3. The number of hydrogen-bond donors (Lipinski definition) is 1. The molecule has 31 heavy (non-hydrogen) atoms. The van der Waals surface area contributed by atoms with Crippen LogP contribution >= 0.6 is 0 Å². The summed E-state index contributed by atoms with van der Waals surface area (Å²) in [4.78, 5) is 26.3. The van der Waals surface area contributed by atoms with Gasteiger partial charge in [-0.05, 0) is 24.6 Å². The van der Waals surface area contributed by atoms with Crippen molar-refractivity contribution < 1.29 is 8.95 Å². The van der Waals surface area contributed by atoms with Crippen molar-refractivity contribution in [3.8, 4) is 16.9 Å². The van der Waals surface area contributed by atoms with Gasteiger partial charge in [0, 0.05) is 72.0 Å². The van der Waals surface area contributed by atoms with Gasteiger partial charge in [-0.25, -0.2) is 9.97 Å². The van der Waals surface area contributed by atoms with E-state index in [9.17, 15) is 9.00 Å². The van der Waals surface area contributed by atoms with Crippen LogP contribution in [0.5, 0.6) is 5.75 Å². The molecule has 0 fully saturated rings. The van der Waals surface area contributed by atoms with Crippen LogP contribution in [0.15, 0.2) is 51.5 Å². The maximum absolute atomic E-state index is 12.8. The predicted molar refractivity (Wildman–Crippen MR) is 125 cm³/mol. The lowest BCUT2D eigenvalue weighted by Crippen LogP contribution is -2.18. The number of pyridine rings is 1. The van der Waals surface area contributed by atoms with Gasteiger partial charge in [-0.15, -0.1) is 0 Å². The summed E-state index contributed by atoms with van der Waals surface area (Å²) in [5, 5.41) is 0.359. The van der Waals surface area contributed by atoms with Gasteiger partial charge in [0.2, 0.25) is 0 Å². The molecule has 1 aromatic carbocycles. The number of aryl methyl sites for hydroxylation is 1. The third-order valence-corrected chi connectivity index (χ3v) is 5.58. The van der Waals surface area contributed by atoms with Crippen molar-refractivity contribution in [3.05, 3.63) is 53.0 Å². The van der Waals surface area contributed by atoms with E-state index in [1.54, 1.807) is 44.9 Å². The van der Waals surface area contributed by atoms with E-state index in [0.717, 1.165) is 6.42 Å². The van der Waals surface area contributed by atoms with E-state index >= 15 is 0 Å². The fourth-order valence-corrected chi connectivity index (χ4v) is 3.68. The second kappa shape index (κ2) is 9.65. The smallest absolute Gasteiger partial charge is 0.261 e. The molecule has 0 saturated heterocycles. The molecular formula is C22H25N5O3S. The van der Waals surface area contributed by atoms with Crippen molar-refractivity contribution in [1.82, 2.24) is 14.5 Å². The number of aliphatic imine (C=N–C) groups is 1. The predicted octanol–water partition coefficient (Wildman–Crippen LogP) is 2.52. The van der Waals surface area contributed by atoms with Crippen molar-refractivity contribution in [2.24, 2.45) is 17.8 Å². The van der Waals surface area contributed by atoms with Gasteiger partial charge in [0.05, 0.1) is 23.1 Å². The number of allylic oxidation sites excluding steroid dienone is 1. The maximum Gasteiger partial charge on any atom is 0.261 e. The molecule has 162 valence electrons. The maximum atomic E-state index is 12.8. The first-order valence-electron chi connectivity index (χ1n) is 9.72. The van der Waals surface area contributed by atoms with Gasteiger partial charge in [-0.2, -0.15) is 0 Å². The highest BCUT2D eigenvalue weighted by Gasteiger charge is 2.18. The number of fused-ring (bicyclic) bond motifs is 1. The zero-order chi connectivity index (χ0) is 22.5. The third kappa shape index (κ3) is 4.56. The van der Waals surface area contributed by atoms with Crippen LogP contribution in [0.3, 0.4) is 0 Å². The second-order valence-electron chi connectivity index (χ2n) is 6.88. The Morgan fingerprint density at radius 1 is 1.35 bits per heavy atom. The molecule has 0 bridgehead atoms. The first-order valence-corrected chi connectivity index (χ1v) is 11.3. The highest BCUT2D eigenvalue weighted by molar-refractivity contribution is 7.84. The third-order valence-electron chi connectivity index (χ3n) is 4.66. The van der Waals surface area contributed by atoms with E-state index in [1.807, 2.05) is 13.0 Å². The molecule has 0 aliphatic heterocycles. The van der Waals surface area contributed by atoms with Crippen LogP contribution in [0.4, 0.5) is 0 Å². The lowest BCUT2D eigenvalue weighted by molar-refractivity contribution is 0.318. The van der Waals surface area contributed by atoms with E-state index < -0.39 is 10.8 Å². The fourth-order valence-electron chi connectivity index (χ4n) is 3.13. The highest BCUT2D eigenvalue weighted by atomic mass is 32.2. The number of hydrogen-bond acceptors (Lipinski definition) is 7. The molecule has 0 radical (unpaired) electrons. The van der Waals surface area contributed by atoms with Gasteiger partial charge >= 0.3 is 0 Å². The minimum atomic E-state index is -1.19. The number of ether oxygens (including phenoxy) is 1. The first kappa shape index (κ1) is 22.4. The Labute approximate surface area is 183 Å². The van der Waals surface area contributed by atoms with Crippen LogP contribution in [-0.2, 0) is 17.8 Å². The normalized spacial score (nSPS) is 13.1. The molecule has 2 aromatic heterocycles. The van der Waals surface area contributed by atoms with Gasteiger partial charge in [0.15, 0.2) is 5.82 Å². The molecule has 3 aromatic rings. The van der Waals surface area contributed by atoms with E-state index in [1.165, 1.54) is 17.0 Å². The van der Waals surface area contributed by atoms with E-state index in [2.05, 4.69) is 15.0 Å². The largest absolute Gasteiger partial charge is 0.493 e. The molecule has 0 aliphatic carbocycles. The zero-order valence-electron chi connectivity index (χ0n) is 18.0. The van der Waals surface area contributed by atoms with Crippen LogP contribution in [-0.4, -0.2) is 44.9 Å². The Balaban J connectivity index is 2.38. The van der Waals surface area contributed by atoms with Gasteiger partial charge in [-0.1, -0.05) is 6.92 Å². The molecular weight excluding hydrogens is 414 g/mol. The molecule has 2 N–H and O–H groups in total. The number of nitrogens with zero attached hydrogens (tertiary/aromatic N) is 4. The molecule has 3 rings (SSSR count). The Morgan fingerprint density at radius 3 is 2.77 bits per heavy atom. The first-order chi connectivity index (χ1) is 14.9. The topological polar surface area (TPSA) is 112 Å². The average molecular weight is 440 g/mol. The summed E-state index contributed by atoms with van der Waals surface area (Å²) in [5.74, 6) is 0.974. The molecule has 0 amide bonds. The Kier molecular flexibility index (Phi) is 6.96. The minimum absolute atomic E-state index is 0.223. The summed E-state index contributed by atoms with van der Waals surface area (Å²) in [6.45, 7) is 2.55. The molecule has 2 heterocycles. The van der Waals surface area contributed by atoms with Crippen LogP contribution in [0, 0.1) is 0 Å². The Hall–Kier alpha value is -3.33. The molecule has 0 saturated carbocycles. The van der Waals surface area contributed by atoms with Crippen molar-refractivity contribution in [1.29, 1.82) is 0 Å². The highest BCUT2D eigenvalue weighted by Crippen LogP contribution is 2.35. The van der Waals surface area contributed by atoms with Crippen molar-refractivity contribution in [3.63, 3.8) is 0 Å².